The number of hydrogen-bond donors (Lipinski definition) is 2. The maximum Gasteiger partial charge on any atom is 0.184 e. The average Bonchev–Trinajstić information content (AvgIpc) is 2.78. The summed E-state index contributed by atoms with van der Waals surface area (Å²) in [4.78, 5) is 4.38. The van der Waals surface area contributed by atoms with Crippen molar-refractivity contribution in [1.29, 1.82) is 0 Å². The van der Waals surface area contributed by atoms with E-state index in [9.17, 15) is 5.11 Å². The van der Waals surface area contributed by atoms with E-state index in [2.05, 4.69) is 4.98 Å². The van der Waals surface area contributed by atoms with Gasteiger partial charge in [-0.1, -0.05) is 42.5 Å². The topological polar surface area (TPSA) is 77.6 Å². The number of aliphatic hydroxyl groups excluding tert-OH is 1. The molecule has 0 saturated carbocycles. The zero-order valence-electron chi connectivity index (χ0n) is 16.0. The van der Waals surface area contributed by atoms with Crippen LogP contribution in [0.4, 0.5) is 5.69 Å². The summed E-state index contributed by atoms with van der Waals surface area (Å²) in [5.74, 6) is 0.782. The highest BCUT2D eigenvalue weighted by molar-refractivity contribution is 7.99. The lowest BCUT2D eigenvalue weighted by Crippen LogP contribution is -2.31. The molecule has 3 N–H and O–H groups in total. The Morgan fingerprint density at radius 1 is 1.00 bits per heavy atom. The van der Waals surface area contributed by atoms with Crippen molar-refractivity contribution < 1.29 is 14.6 Å². The Labute approximate surface area is 174 Å². The Morgan fingerprint density at radius 3 is 2.59 bits per heavy atom. The van der Waals surface area contributed by atoms with Gasteiger partial charge in [0.25, 0.3) is 0 Å². The third-order valence-corrected chi connectivity index (χ3v) is 5.93. The van der Waals surface area contributed by atoms with Crippen molar-refractivity contribution in [3.05, 3.63) is 89.6 Å². The van der Waals surface area contributed by atoms with Gasteiger partial charge in [-0.2, -0.15) is 0 Å². The molecule has 0 amide bonds. The van der Waals surface area contributed by atoms with E-state index in [1.165, 1.54) is 0 Å². The van der Waals surface area contributed by atoms with E-state index >= 15 is 0 Å². The van der Waals surface area contributed by atoms with Crippen LogP contribution in [0.25, 0.3) is 0 Å². The molecule has 0 aliphatic carbocycles. The lowest BCUT2D eigenvalue weighted by atomic mass is 10.0. The first-order valence-electron chi connectivity index (χ1n) is 9.61. The molecule has 2 heterocycles. The summed E-state index contributed by atoms with van der Waals surface area (Å²) >= 11 is 1.68. The van der Waals surface area contributed by atoms with Gasteiger partial charge in [0.1, 0.15) is 0 Å². The third kappa shape index (κ3) is 5.16. The van der Waals surface area contributed by atoms with Crippen molar-refractivity contribution in [3.63, 3.8) is 0 Å². The molecule has 4 rings (SSSR count). The number of thioether (sulfide) groups is 1. The van der Waals surface area contributed by atoms with Gasteiger partial charge in [0.05, 0.1) is 23.8 Å². The van der Waals surface area contributed by atoms with Gasteiger partial charge >= 0.3 is 0 Å². The van der Waals surface area contributed by atoms with E-state index in [1.807, 2.05) is 66.7 Å². The van der Waals surface area contributed by atoms with Gasteiger partial charge in [-0.25, -0.2) is 4.98 Å². The Hall–Kier alpha value is -2.38. The lowest BCUT2D eigenvalue weighted by Gasteiger charge is -2.36. The Bertz CT molecular complexity index is 921. The maximum absolute atomic E-state index is 9.30. The number of pyridine rings is 1. The lowest BCUT2D eigenvalue weighted by molar-refractivity contribution is -0.245. The van der Waals surface area contributed by atoms with E-state index in [4.69, 9.17) is 15.2 Å². The predicted octanol–water partition coefficient (Wildman–Crippen LogP) is 4.49. The van der Waals surface area contributed by atoms with Crippen LogP contribution in [0.5, 0.6) is 0 Å². The SMILES string of the molecule is Nc1cccc(C2O[C@H](CSc3ccccn3)C[C@H](c3ccc(CO)cc3)O2)c1. The fraction of sp³-hybridized carbons (Fsp3) is 0.261. The number of nitrogens with two attached hydrogens (primary N) is 1. The maximum atomic E-state index is 9.30. The quantitative estimate of drug-likeness (QED) is 0.462. The molecule has 1 aromatic heterocycles. The number of nitrogens with zero attached hydrogens (tertiary/aromatic N) is 1. The second-order valence-electron chi connectivity index (χ2n) is 7.00. The largest absolute Gasteiger partial charge is 0.399 e. The van der Waals surface area contributed by atoms with Crippen LogP contribution in [0.15, 0.2) is 78.0 Å². The summed E-state index contributed by atoms with van der Waals surface area (Å²) in [7, 11) is 0. The highest BCUT2D eigenvalue weighted by Gasteiger charge is 2.32. The van der Waals surface area contributed by atoms with E-state index in [-0.39, 0.29) is 18.8 Å². The highest BCUT2D eigenvalue weighted by atomic mass is 32.2. The monoisotopic (exact) mass is 408 g/mol. The molecule has 1 aliphatic heterocycles. The molecule has 0 bridgehead atoms. The fourth-order valence-electron chi connectivity index (χ4n) is 3.34. The molecular weight excluding hydrogens is 384 g/mol. The molecule has 1 saturated heterocycles. The summed E-state index contributed by atoms with van der Waals surface area (Å²) in [6, 6.07) is 21.4. The van der Waals surface area contributed by atoms with E-state index in [1.54, 1.807) is 18.0 Å². The van der Waals surface area contributed by atoms with Crippen molar-refractivity contribution in [2.24, 2.45) is 0 Å². The zero-order valence-corrected chi connectivity index (χ0v) is 16.8. The van der Waals surface area contributed by atoms with Crippen molar-refractivity contribution in [1.82, 2.24) is 4.98 Å². The molecule has 150 valence electrons. The normalized spacial score (nSPS) is 21.8. The molecule has 6 heteroatoms. The van der Waals surface area contributed by atoms with Gasteiger partial charge in [-0.05, 0) is 35.4 Å². The summed E-state index contributed by atoms with van der Waals surface area (Å²) in [5.41, 5.74) is 9.52. The van der Waals surface area contributed by atoms with E-state index in [0.717, 1.165) is 33.9 Å². The van der Waals surface area contributed by atoms with Crippen LogP contribution < -0.4 is 5.73 Å². The number of nitrogen functional groups attached to an aromatic ring is 1. The second-order valence-corrected chi connectivity index (χ2v) is 8.04. The van der Waals surface area contributed by atoms with Gasteiger partial charge in [-0.15, -0.1) is 11.8 Å². The number of aliphatic hydroxyl groups is 1. The van der Waals surface area contributed by atoms with E-state index in [0.29, 0.717) is 5.69 Å². The van der Waals surface area contributed by atoms with Crippen molar-refractivity contribution in [3.8, 4) is 0 Å². The average molecular weight is 409 g/mol. The number of aromatic nitrogens is 1. The molecule has 3 atom stereocenters. The molecular formula is C23H24N2O3S. The van der Waals surface area contributed by atoms with Gasteiger partial charge < -0.3 is 20.3 Å². The van der Waals surface area contributed by atoms with Crippen LogP contribution >= 0.6 is 11.8 Å². The number of anilines is 1. The number of hydrogen-bond acceptors (Lipinski definition) is 6. The molecule has 0 radical (unpaired) electrons. The fourth-order valence-corrected chi connectivity index (χ4v) is 4.22. The first kappa shape index (κ1) is 19.9. The Kier molecular flexibility index (Phi) is 6.46. The minimum absolute atomic E-state index is 0.00436. The van der Waals surface area contributed by atoms with Gasteiger partial charge in [-0.3, -0.25) is 0 Å². The smallest absolute Gasteiger partial charge is 0.184 e. The first-order valence-corrected chi connectivity index (χ1v) is 10.6. The Morgan fingerprint density at radius 2 is 1.86 bits per heavy atom. The molecule has 2 aromatic carbocycles. The highest BCUT2D eigenvalue weighted by Crippen LogP contribution is 2.39. The molecule has 0 spiro atoms. The number of benzene rings is 2. The first-order chi connectivity index (χ1) is 14.2. The second kappa shape index (κ2) is 9.41. The molecule has 5 nitrogen and oxygen atoms in total. The molecule has 3 aromatic rings. The summed E-state index contributed by atoms with van der Waals surface area (Å²) < 4.78 is 12.6. The number of rotatable bonds is 6. The van der Waals surface area contributed by atoms with Crippen LogP contribution in [0.2, 0.25) is 0 Å². The van der Waals surface area contributed by atoms with Crippen LogP contribution in [-0.4, -0.2) is 21.9 Å². The van der Waals surface area contributed by atoms with Crippen LogP contribution in [0.1, 0.15) is 35.5 Å². The minimum Gasteiger partial charge on any atom is -0.399 e. The van der Waals surface area contributed by atoms with Crippen LogP contribution in [-0.2, 0) is 16.1 Å². The van der Waals surface area contributed by atoms with Crippen molar-refractivity contribution in [2.75, 3.05) is 11.5 Å². The summed E-state index contributed by atoms with van der Waals surface area (Å²) in [5, 5.41) is 10.3. The van der Waals surface area contributed by atoms with Crippen molar-refractivity contribution in [2.45, 2.75) is 36.6 Å². The summed E-state index contributed by atoms with van der Waals surface area (Å²) in [6.07, 6.45) is 1.97. The molecule has 29 heavy (non-hydrogen) atoms. The molecule has 1 unspecified atom stereocenters. The zero-order chi connectivity index (χ0) is 20.1. The minimum atomic E-state index is -0.482. The molecule has 1 fully saturated rings. The van der Waals surface area contributed by atoms with Gasteiger partial charge in [0, 0.05) is 29.6 Å². The van der Waals surface area contributed by atoms with Crippen molar-refractivity contribution >= 4 is 17.4 Å². The molecule has 1 aliphatic rings. The predicted molar refractivity (Wildman–Crippen MR) is 114 cm³/mol. The Balaban J connectivity index is 1.53. The van der Waals surface area contributed by atoms with Gasteiger partial charge in [0.2, 0.25) is 0 Å². The number of ether oxygens (including phenoxy) is 2. The standard InChI is InChI=1S/C23H24N2O3S/c24-19-5-3-4-18(12-19)23-27-20(15-29-22-6-1-2-11-25-22)13-21(28-23)17-9-7-16(14-26)8-10-17/h1-12,20-21,23,26H,13-15,24H2/t20-,21+,23?/m0/s1. The van der Waals surface area contributed by atoms with E-state index < -0.39 is 6.29 Å². The van der Waals surface area contributed by atoms with Crippen LogP contribution in [0, 0.1) is 0 Å². The third-order valence-electron chi connectivity index (χ3n) is 4.85. The van der Waals surface area contributed by atoms with Gasteiger partial charge in [0.15, 0.2) is 6.29 Å². The van der Waals surface area contributed by atoms with Crippen LogP contribution in [0.3, 0.4) is 0 Å². The summed E-state index contributed by atoms with van der Waals surface area (Å²) in [6.45, 7) is 0.0319.